The van der Waals surface area contributed by atoms with Gasteiger partial charge >= 0.3 is 0 Å². The molecule has 0 radical (unpaired) electrons. The molecule has 0 aromatic carbocycles. The fourth-order valence-corrected chi connectivity index (χ4v) is 4.36. The predicted octanol–water partition coefficient (Wildman–Crippen LogP) is 4.91. The van der Waals surface area contributed by atoms with E-state index in [0.29, 0.717) is 11.8 Å². The van der Waals surface area contributed by atoms with Crippen LogP contribution in [0.4, 0.5) is 0 Å². The van der Waals surface area contributed by atoms with Crippen molar-refractivity contribution in [2.45, 2.75) is 73.3 Å². The van der Waals surface area contributed by atoms with Gasteiger partial charge in [-0.2, -0.15) is 0 Å². The minimum absolute atomic E-state index is 0.0555. The second-order valence-corrected chi connectivity index (χ2v) is 7.89. The van der Waals surface area contributed by atoms with Crippen molar-refractivity contribution < 1.29 is 0 Å². The maximum absolute atomic E-state index is 4.98. The van der Waals surface area contributed by atoms with Crippen molar-refractivity contribution in [3.63, 3.8) is 0 Å². The zero-order valence-electron chi connectivity index (χ0n) is 14.3. The molecule has 0 fully saturated rings. The van der Waals surface area contributed by atoms with E-state index in [1.54, 1.807) is 0 Å². The third-order valence-electron chi connectivity index (χ3n) is 3.67. The van der Waals surface area contributed by atoms with E-state index in [1.165, 1.54) is 15.6 Å². The summed E-state index contributed by atoms with van der Waals surface area (Å²) in [6, 6.07) is 0. The van der Waals surface area contributed by atoms with Crippen molar-refractivity contribution in [2.75, 3.05) is 6.54 Å². The highest BCUT2D eigenvalue weighted by atomic mass is 32.1. The lowest BCUT2D eigenvalue weighted by Gasteiger charge is -2.36. The molecular weight excluding hydrogens is 264 g/mol. The average Bonchev–Trinajstić information content (AvgIpc) is 2.69. The molecule has 3 heteroatoms. The molecule has 0 spiro atoms. The van der Waals surface area contributed by atoms with Crippen LogP contribution in [0.15, 0.2) is 0 Å². The normalized spacial score (nSPS) is 12.7. The Labute approximate surface area is 129 Å². The molecule has 0 unspecified atom stereocenters. The summed E-state index contributed by atoms with van der Waals surface area (Å²) in [6.07, 6.45) is 3.36. The van der Waals surface area contributed by atoms with Gasteiger partial charge in [0.15, 0.2) is 0 Å². The van der Waals surface area contributed by atoms with Crippen molar-refractivity contribution in [2.24, 2.45) is 11.8 Å². The van der Waals surface area contributed by atoms with Crippen molar-refractivity contribution in [1.29, 1.82) is 0 Å². The molecule has 1 aromatic heterocycles. The Morgan fingerprint density at radius 3 is 2.00 bits per heavy atom. The predicted molar refractivity (Wildman–Crippen MR) is 90.5 cm³/mol. The maximum atomic E-state index is 4.98. The van der Waals surface area contributed by atoms with Crippen LogP contribution in [0.25, 0.3) is 0 Å². The standard InChI is InChI=1S/C17H32N2S/c1-8-15-14(7)20-16(19-15)17(18-9-2,10-12(3)4)11-13(5)6/h12-13,18H,8-11H2,1-7H3. The van der Waals surface area contributed by atoms with Gasteiger partial charge in [0.1, 0.15) is 5.01 Å². The molecule has 2 nitrogen and oxygen atoms in total. The lowest BCUT2D eigenvalue weighted by atomic mass is 9.82. The van der Waals surface area contributed by atoms with Gasteiger partial charge in [0, 0.05) is 4.88 Å². The number of nitrogens with zero attached hydrogens (tertiary/aromatic N) is 1. The molecule has 116 valence electrons. The molecule has 1 heterocycles. The molecular formula is C17H32N2S. The van der Waals surface area contributed by atoms with Crippen molar-refractivity contribution >= 4 is 11.3 Å². The molecule has 0 saturated carbocycles. The van der Waals surface area contributed by atoms with Gasteiger partial charge in [-0.25, -0.2) is 4.98 Å². The Hall–Kier alpha value is -0.410. The van der Waals surface area contributed by atoms with E-state index in [-0.39, 0.29) is 5.54 Å². The number of rotatable bonds is 8. The van der Waals surface area contributed by atoms with E-state index < -0.39 is 0 Å². The molecule has 1 aromatic rings. The highest BCUT2D eigenvalue weighted by Gasteiger charge is 2.36. The zero-order valence-corrected chi connectivity index (χ0v) is 15.2. The van der Waals surface area contributed by atoms with Gasteiger partial charge in [0.05, 0.1) is 11.2 Å². The van der Waals surface area contributed by atoms with Crippen LogP contribution >= 0.6 is 11.3 Å². The van der Waals surface area contributed by atoms with Crippen LogP contribution in [-0.4, -0.2) is 11.5 Å². The fraction of sp³-hybridized carbons (Fsp3) is 0.824. The van der Waals surface area contributed by atoms with E-state index in [9.17, 15) is 0 Å². The first-order valence-electron chi connectivity index (χ1n) is 8.06. The minimum atomic E-state index is 0.0555. The van der Waals surface area contributed by atoms with Gasteiger partial charge in [-0.15, -0.1) is 11.3 Å². The van der Waals surface area contributed by atoms with E-state index in [4.69, 9.17) is 4.98 Å². The van der Waals surface area contributed by atoms with Gasteiger partial charge in [0.25, 0.3) is 0 Å². The average molecular weight is 297 g/mol. The van der Waals surface area contributed by atoms with Crippen LogP contribution < -0.4 is 5.32 Å². The number of hydrogen-bond acceptors (Lipinski definition) is 3. The first-order chi connectivity index (χ1) is 9.34. The van der Waals surface area contributed by atoms with Gasteiger partial charge in [-0.1, -0.05) is 41.5 Å². The van der Waals surface area contributed by atoms with E-state index >= 15 is 0 Å². The molecule has 0 atom stereocenters. The third kappa shape index (κ3) is 4.29. The highest BCUT2D eigenvalue weighted by molar-refractivity contribution is 7.11. The Kier molecular flexibility index (Phi) is 6.67. The molecule has 0 aliphatic rings. The molecule has 0 saturated heterocycles. The topological polar surface area (TPSA) is 24.9 Å². The molecule has 20 heavy (non-hydrogen) atoms. The molecule has 0 aliphatic carbocycles. The second-order valence-electron chi connectivity index (χ2n) is 6.68. The lowest BCUT2D eigenvalue weighted by Crippen LogP contribution is -2.44. The Morgan fingerprint density at radius 1 is 1.10 bits per heavy atom. The van der Waals surface area contributed by atoms with Crippen LogP contribution in [0.5, 0.6) is 0 Å². The Balaban J connectivity index is 3.23. The van der Waals surface area contributed by atoms with Crippen molar-refractivity contribution in [3.05, 3.63) is 15.6 Å². The van der Waals surface area contributed by atoms with E-state index in [0.717, 1.165) is 25.8 Å². The van der Waals surface area contributed by atoms with E-state index in [1.807, 2.05) is 11.3 Å². The van der Waals surface area contributed by atoms with E-state index in [2.05, 4.69) is 53.8 Å². The number of aromatic nitrogens is 1. The molecule has 0 bridgehead atoms. The summed E-state index contributed by atoms with van der Waals surface area (Å²) in [5.74, 6) is 1.34. The fourth-order valence-electron chi connectivity index (χ4n) is 3.17. The van der Waals surface area contributed by atoms with Gasteiger partial charge in [-0.05, 0) is 44.6 Å². The van der Waals surface area contributed by atoms with Crippen LogP contribution in [0, 0.1) is 18.8 Å². The van der Waals surface area contributed by atoms with Crippen molar-refractivity contribution in [3.8, 4) is 0 Å². The van der Waals surface area contributed by atoms with Gasteiger partial charge < -0.3 is 5.32 Å². The maximum Gasteiger partial charge on any atom is 0.113 e. The smallest absolute Gasteiger partial charge is 0.113 e. The van der Waals surface area contributed by atoms with Crippen LogP contribution in [0.2, 0.25) is 0 Å². The van der Waals surface area contributed by atoms with Crippen LogP contribution in [0.3, 0.4) is 0 Å². The summed E-state index contributed by atoms with van der Waals surface area (Å²) < 4.78 is 0. The van der Waals surface area contributed by atoms with Crippen molar-refractivity contribution in [1.82, 2.24) is 10.3 Å². The summed E-state index contributed by atoms with van der Waals surface area (Å²) in [6.45, 7) is 16.9. The lowest BCUT2D eigenvalue weighted by molar-refractivity contribution is 0.227. The zero-order chi connectivity index (χ0) is 15.3. The summed E-state index contributed by atoms with van der Waals surface area (Å²) in [5, 5.41) is 5.09. The summed E-state index contributed by atoms with van der Waals surface area (Å²) in [5.41, 5.74) is 1.33. The number of nitrogens with one attached hydrogen (secondary N) is 1. The number of hydrogen-bond donors (Lipinski definition) is 1. The number of aryl methyl sites for hydroxylation is 2. The third-order valence-corrected chi connectivity index (χ3v) is 4.88. The molecule has 1 rings (SSSR count). The second kappa shape index (κ2) is 7.56. The molecule has 1 N–H and O–H groups in total. The van der Waals surface area contributed by atoms with Gasteiger partial charge in [-0.3, -0.25) is 0 Å². The van der Waals surface area contributed by atoms with Gasteiger partial charge in [0.2, 0.25) is 0 Å². The van der Waals surface area contributed by atoms with Crippen LogP contribution in [-0.2, 0) is 12.0 Å². The minimum Gasteiger partial charge on any atom is -0.306 e. The first-order valence-corrected chi connectivity index (χ1v) is 8.88. The Bertz CT molecular complexity index is 397. The highest BCUT2D eigenvalue weighted by Crippen LogP contribution is 2.38. The number of thiazole rings is 1. The quantitative estimate of drug-likeness (QED) is 0.737. The molecule has 0 aliphatic heterocycles. The van der Waals surface area contributed by atoms with Crippen LogP contribution in [0.1, 0.15) is 70.0 Å². The summed E-state index contributed by atoms with van der Waals surface area (Å²) >= 11 is 1.90. The monoisotopic (exact) mass is 296 g/mol. The largest absolute Gasteiger partial charge is 0.306 e. The molecule has 0 amide bonds. The summed E-state index contributed by atoms with van der Waals surface area (Å²) in [7, 11) is 0. The SMILES string of the molecule is CCNC(CC(C)C)(CC(C)C)c1nc(CC)c(C)s1. The summed E-state index contributed by atoms with van der Waals surface area (Å²) in [4.78, 5) is 6.37. The Morgan fingerprint density at radius 2 is 1.65 bits per heavy atom. The first kappa shape index (κ1) is 17.6.